The quantitative estimate of drug-likeness (QED) is 0.445. The summed E-state index contributed by atoms with van der Waals surface area (Å²) in [5.74, 6) is -0.0627. The van der Waals surface area contributed by atoms with Crippen molar-refractivity contribution in [1.82, 2.24) is 0 Å². The van der Waals surface area contributed by atoms with Crippen LogP contribution in [0.4, 0.5) is 18.9 Å². The van der Waals surface area contributed by atoms with Crippen molar-refractivity contribution in [2.24, 2.45) is 0 Å². The molecule has 0 aliphatic rings. The lowest BCUT2D eigenvalue weighted by molar-refractivity contribution is -0.137. The van der Waals surface area contributed by atoms with Gasteiger partial charge >= 0.3 is 6.18 Å². The summed E-state index contributed by atoms with van der Waals surface area (Å²) in [5.41, 5.74) is 3.23. The van der Waals surface area contributed by atoms with Gasteiger partial charge in [-0.15, -0.1) is 0 Å². The summed E-state index contributed by atoms with van der Waals surface area (Å²) in [7, 11) is 0. The fourth-order valence-electron chi connectivity index (χ4n) is 3.61. The number of anilines is 1. The van der Waals surface area contributed by atoms with E-state index in [0.717, 1.165) is 29.2 Å². The number of rotatable bonds is 5. The Morgan fingerprint density at radius 1 is 0.935 bits per heavy atom. The van der Waals surface area contributed by atoms with Crippen molar-refractivity contribution in [3.8, 4) is 11.1 Å². The van der Waals surface area contributed by atoms with E-state index in [9.17, 15) is 18.0 Å². The lowest BCUT2D eigenvalue weighted by atomic mass is 9.94. The Labute approximate surface area is 181 Å². The van der Waals surface area contributed by atoms with Crippen LogP contribution in [0.3, 0.4) is 0 Å². The smallest absolute Gasteiger partial charge is 0.322 e. The Bertz CT molecular complexity index is 1080. The fourth-order valence-corrected chi connectivity index (χ4v) is 3.61. The van der Waals surface area contributed by atoms with Crippen LogP contribution in [0.15, 0.2) is 60.7 Å². The van der Waals surface area contributed by atoms with Gasteiger partial charge in [-0.05, 0) is 72.7 Å². The van der Waals surface area contributed by atoms with Crippen LogP contribution in [-0.2, 0) is 6.18 Å². The summed E-state index contributed by atoms with van der Waals surface area (Å²) >= 11 is 0. The summed E-state index contributed by atoms with van der Waals surface area (Å²) in [6.07, 6.45) is -3.57. The van der Waals surface area contributed by atoms with Gasteiger partial charge < -0.3 is 5.32 Å². The van der Waals surface area contributed by atoms with E-state index in [1.807, 2.05) is 25.1 Å². The lowest BCUT2D eigenvalue weighted by Crippen LogP contribution is -2.14. The Balaban J connectivity index is 1.91. The van der Waals surface area contributed by atoms with Crippen LogP contribution in [0.25, 0.3) is 11.1 Å². The molecule has 0 saturated carbocycles. The molecule has 1 atom stereocenters. The molecule has 1 unspecified atom stereocenters. The predicted molar refractivity (Wildman–Crippen MR) is 119 cm³/mol. The number of hydrogen-bond acceptors (Lipinski definition) is 1. The molecule has 0 fully saturated rings. The molecule has 5 heteroatoms. The zero-order valence-electron chi connectivity index (χ0n) is 18.1. The number of carbonyl (C=O) groups excluding carboxylic acids is 1. The number of hydrogen-bond donors (Lipinski definition) is 1. The molecule has 0 aliphatic carbocycles. The average Bonchev–Trinajstić information content (AvgIpc) is 2.73. The fraction of sp³-hybridized carbons (Fsp3) is 0.269. The highest BCUT2D eigenvalue weighted by molar-refractivity contribution is 6.04. The molecule has 0 aliphatic heterocycles. The van der Waals surface area contributed by atoms with Crippen LogP contribution in [-0.4, -0.2) is 5.91 Å². The Morgan fingerprint density at radius 3 is 2.16 bits per heavy atom. The number of halogens is 3. The number of nitrogens with one attached hydrogen (secondary N) is 1. The predicted octanol–water partition coefficient (Wildman–Crippen LogP) is 7.76. The van der Waals surface area contributed by atoms with Crippen molar-refractivity contribution in [1.29, 1.82) is 0 Å². The minimum Gasteiger partial charge on any atom is -0.322 e. The normalized spacial score (nSPS) is 12.5. The number of carbonyl (C=O) groups is 1. The molecule has 0 spiro atoms. The maximum absolute atomic E-state index is 13.8. The second kappa shape index (κ2) is 8.96. The first-order valence-electron chi connectivity index (χ1n) is 10.3. The van der Waals surface area contributed by atoms with Gasteiger partial charge in [0.05, 0.1) is 5.56 Å². The van der Waals surface area contributed by atoms with E-state index < -0.39 is 17.6 Å². The number of benzene rings is 3. The van der Waals surface area contributed by atoms with Crippen molar-refractivity contribution < 1.29 is 18.0 Å². The third-order valence-electron chi connectivity index (χ3n) is 5.61. The number of amides is 1. The minimum atomic E-state index is -4.55. The van der Waals surface area contributed by atoms with Gasteiger partial charge in [0, 0.05) is 11.3 Å². The summed E-state index contributed by atoms with van der Waals surface area (Å²) < 4.78 is 41.5. The number of alkyl halides is 3. The van der Waals surface area contributed by atoms with Crippen molar-refractivity contribution in [3.05, 3.63) is 88.5 Å². The standard InChI is InChI=1S/C26H26F3NO/c1-5-17(3)19-7-9-20(10-8-19)25(31)30-21-11-13-23(24(15-21)26(27,28)29)22-12-6-16(2)14-18(22)4/h6-15,17H,5H2,1-4H3,(H,30,31). The van der Waals surface area contributed by atoms with E-state index >= 15 is 0 Å². The molecule has 0 saturated heterocycles. The van der Waals surface area contributed by atoms with Gasteiger partial charge in [0.25, 0.3) is 5.91 Å². The maximum atomic E-state index is 13.8. The first-order valence-corrected chi connectivity index (χ1v) is 10.3. The SMILES string of the molecule is CCC(C)c1ccc(C(=O)Nc2ccc(-c3ccc(C)cc3C)c(C(F)(F)F)c2)cc1. The lowest BCUT2D eigenvalue weighted by Gasteiger charge is -2.17. The van der Waals surface area contributed by atoms with E-state index in [4.69, 9.17) is 0 Å². The van der Waals surface area contributed by atoms with Crippen LogP contribution < -0.4 is 5.32 Å². The summed E-state index contributed by atoms with van der Waals surface area (Å²) in [6, 6.07) is 16.4. The average molecular weight is 425 g/mol. The van der Waals surface area contributed by atoms with Crippen molar-refractivity contribution in [2.75, 3.05) is 5.32 Å². The molecular weight excluding hydrogens is 399 g/mol. The van der Waals surface area contributed by atoms with Crippen LogP contribution in [0.1, 0.15) is 58.8 Å². The van der Waals surface area contributed by atoms with E-state index in [-0.39, 0.29) is 11.3 Å². The monoisotopic (exact) mass is 425 g/mol. The molecule has 3 aromatic carbocycles. The number of aryl methyl sites for hydroxylation is 2. The Hall–Kier alpha value is -3.08. The topological polar surface area (TPSA) is 29.1 Å². The highest BCUT2D eigenvalue weighted by Crippen LogP contribution is 2.40. The van der Waals surface area contributed by atoms with Crippen molar-refractivity contribution >= 4 is 11.6 Å². The maximum Gasteiger partial charge on any atom is 0.417 e. The highest BCUT2D eigenvalue weighted by Gasteiger charge is 2.34. The van der Waals surface area contributed by atoms with E-state index in [0.29, 0.717) is 17.0 Å². The van der Waals surface area contributed by atoms with Gasteiger partial charge in [-0.25, -0.2) is 0 Å². The molecule has 1 N–H and O–H groups in total. The molecular formula is C26H26F3NO. The second-order valence-corrected chi connectivity index (χ2v) is 7.96. The summed E-state index contributed by atoms with van der Waals surface area (Å²) in [5, 5.41) is 2.60. The minimum absolute atomic E-state index is 0.0981. The van der Waals surface area contributed by atoms with Gasteiger partial charge in [-0.1, -0.05) is 55.8 Å². The Morgan fingerprint density at radius 2 is 1.58 bits per heavy atom. The molecule has 0 radical (unpaired) electrons. The van der Waals surface area contributed by atoms with Crippen molar-refractivity contribution in [2.45, 2.75) is 46.2 Å². The molecule has 3 rings (SSSR count). The first-order chi connectivity index (χ1) is 14.6. The van der Waals surface area contributed by atoms with Crippen LogP contribution >= 0.6 is 0 Å². The third kappa shape index (κ3) is 5.16. The van der Waals surface area contributed by atoms with E-state index in [2.05, 4.69) is 19.2 Å². The van der Waals surface area contributed by atoms with Crippen molar-refractivity contribution in [3.63, 3.8) is 0 Å². The zero-order valence-corrected chi connectivity index (χ0v) is 18.1. The molecule has 0 bridgehead atoms. The van der Waals surface area contributed by atoms with Gasteiger partial charge in [0.2, 0.25) is 0 Å². The van der Waals surface area contributed by atoms with E-state index in [1.54, 1.807) is 31.2 Å². The summed E-state index contributed by atoms with van der Waals surface area (Å²) in [6.45, 7) is 7.88. The molecule has 1 amide bonds. The highest BCUT2D eigenvalue weighted by atomic mass is 19.4. The first kappa shape index (κ1) is 22.6. The molecule has 3 aromatic rings. The molecule has 31 heavy (non-hydrogen) atoms. The largest absolute Gasteiger partial charge is 0.417 e. The molecule has 162 valence electrons. The van der Waals surface area contributed by atoms with Crippen LogP contribution in [0.5, 0.6) is 0 Å². The third-order valence-corrected chi connectivity index (χ3v) is 5.61. The van der Waals surface area contributed by atoms with Gasteiger partial charge in [0.15, 0.2) is 0 Å². The molecule has 0 heterocycles. The second-order valence-electron chi connectivity index (χ2n) is 7.96. The molecule has 2 nitrogen and oxygen atoms in total. The van der Waals surface area contributed by atoms with Crippen LogP contribution in [0.2, 0.25) is 0 Å². The summed E-state index contributed by atoms with van der Waals surface area (Å²) in [4.78, 5) is 12.6. The van der Waals surface area contributed by atoms with Gasteiger partial charge in [0.1, 0.15) is 0 Å². The molecule has 0 aromatic heterocycles. The van der Waals surface area contributed by atoms with E-state index in [1.165, 1.54) is 12.1 Å². The van der Waals surface area contributed by atoms with Gasteiger partial charge in [-0.3, -0.25) is 4.79 Å². The zero-order chi connectivity index (χ0) is 22.8. The van der Waals surface area contributed by atoms with Crippen LogP contribution in [0, 0.1) is 13.8 Å². The Kier molecular flexibility index (Phi) is 6.54. The van der Waals surface area contributed by atoms with Gasteiger partial charge in [-0.2, -0.15) is 13.2 Å².